The van der Waals surface area contributed by atoms with Gasteiger partial charge in [-0.1, -0.05) is 12.1 Å². The number of imidazole rings is 1. The second-order valence-corrected chi connectivity index (χ2v) is 6.20. The fourth-order valence-electron chi connectivity index (χ4n) is 3.02. The highest BCUT2D eigenvalue weighted by molar-refractivity contribution is 5.76. The van der Waals surface area contributed by atoms with Gasteiger partial charge in [0.05, 0.1) is 0 Å². The van der Waals surface area contributed by atoms with Crippen LogP contribution in [0.25, 0.3) is 0 Å². The zero-order chi connectivity index (χ0) is 16.9. The van der Waals surface area contributed by atoms with E-state index < -0.39 is 0 Å². The molecule has 5 nitrogen and oxygen atoms in total. The van der Waals surface area contributed by atoms with E-state index in [1.165, 1.54) is 12.1 Å². The lowest BCUT2D eigenvalue weighted by Gasteiger charge is -2.34. The summed E-state index contributed by atoms with van der Waals surface area (Å²) in [4.78, 5) is 20.7. The van der Waals surface area contributed by atoms with Crippen molar-refractivity contribution in [3.05, 3.63) is 53.9 Å². The Morgan fingerprint density at radius 1 is 1.17 bits per heavy atom. The molecule has 6 heteroatoms. The van der Waals surface area contributed by atoms with Gasteiger partial charge in [0.15, 0.2) is 0 Å². The van der Waals surface area contributed by atoms with Crippen LogP contribution in [0.5, 0.6) is 0 Å². The van der Waals surface area contributed by atoms with Crippen LogP contribution in [0, 0.1) is 12.7 Å². The predicted octanol–water partition coefficient (Wildman–Crippen LogP) is 2.07. The van der Waals surface area contributed by atoms with Crippen LogP contribution < -0.4 is 0 Å². The van der Waals surface area contributed by atoms with Crippen molar-refractivity contribution in [2.45, 2.75) is 26.4 Å². The molecule has 0 aliphatic carbocycles. The molecule has 0 saturated carbocycles. The Balaban J connectivity index is 1.43. The second-order valence-electron chi connectivity index (χ2n) is 6.20. The number of aryl methyl sites for hydroxylation is 2. The summed E-state index contributed by atoms with van der Waals surface area (Å²) < 4.78 is 14.9. The number of halogens is 1. The number of hydrogen-bond acceptors (Lipinski definition) is 3. The summed E-state index contributed by atoms with van der Waals surface area (Å²) >= 11 is 0. The summed E-state index contributed by atoms with van der Waals surface area (Å²) in [5.74, 6) is 0.929. The van der Waals surface area contributed by atoms with Crippen molar-refractivity contribution >= 4 is 5.91 Å². The molecule has 1 aromatic heterocycles. The van der Waals surface area contributed by atoms with Gasteiger partial charge < -0.3 is 9.47 Å². The number of hydrogen-bond donors (Lipinski definition) is 0. The van der Waals surface area contributed by atoms with E-state index in [1.807, 2.05) is 34.7 Å². The lowest BCUT2D eigenvalue weighted by Crippen LogP contribution is -2.48. The molecule has 1 fully saturated rings. The summed E-state index contributed by atoms with van der Waals surface area (Å²) in [6, 6.07) is 6.63. The van der Waals surface area contributed by atoms with Crippen molar-refractivity contribution in [3.63, 3.8) is 0 Å². The molecule has 2 aromatic rings. The molecule has 3 rings (SSSR count). The van der Waals surface area contributed by atoms with Gasteiger partial charge in [-0.3, -0.25) is 9.69 Å². The topological polar surface area (TPSA) is 41.4 Å². The number of aromatic nitrogens is 2. The van der Waals surface area contributed by atoms with Crippen LogP contribution >= 0.6 is 0 Å². The summed E-state index contributed by atoms with van der Waals surface area (Å²) in [5.41, 5.74) is 1.10. The number of benzene rings is 1. The Morgan fingerprint density at radius 3 is 2.50 bits per heavy atom. The first-order valence-corrected chi connectivity index (χ1v) is 8.34. The van der Waals surface area contributed by atoms with Gasteiger partial charge in [-0.2, -0.15) is 0 Å². The molecule has 0 spiro atoms. The van der Waals surface area contributed by atoms with Crippen LogP contribution in [0.3, 0.4) is 0 Å². The maximum absolute atomic E-state index is 12.9. The number of rotatable bonds is 5. The largest absolute Gasteiger partial charge is 0.340 e. The molecule has 1 aliphatic heterocycles. The number of piperazine rings is 1. The molecular formula is C18H23FN4O. The zero-order valence-corrected chi connectivity index (χ0v) is 14.0. The normalized spacial score (nSPS) is 15.7. The first-order valence-electron chi connectivity index (χ1n) is 8.34. The van der Waals surface area contributed by atoms with E-state index in [4.69, 9.17) is 0 Å². The second kappa shape index (κ2) is 7.57. The lowest BCUT2D eigenvalue weighted by atomic mass is 10.2. The minimum absolute atomic E-state index is 0.199. The Bertz CT molecular complexity index is 675. The molecule has 0 radical (unpaired) electrons. The number of amides is 1. The Kier molecular flexibility index (Phi) is 5.25. The van der Waals surface area contributed by atoms with E-state index in [0.717, 1.165) is 44.1 Å². The molecule has 2 heterocycles. The number of carbonyl (C=O) groups excluding carboxylic acids is 1. The van der Waals surface area contributed by atoms with Crippen molar-refractivity contribution in [3.8, 4) is 0 Å². The first-order chi connectivity index (χ1) is 11.6. The predicted molar refractivity (Wildman–Crippen MR) is 89.8 cm³/mol. The maximum Gasteiger partial charge on any atom is 0.224 e. The van der Waals surface area contributed by atoms with Crippen LogP contribution in [0.2, 0.25) is 0 Å². The van der Waals surface area contributed by atoms with Crippen molar-refractivity contribution in [2.24, 2.45) is 0 Å². The minimum atomic E-state index is -0.206. The molecule has 24 heavy (non-hydrogen) atoms. The SMILES string of the molecule is Cc1nccn1CCC(=O)N1CCN(Cc2ccc(F)cc2)CC1. The van der Waals surface area contributed by atoms with Crippen LogP contribution in [-0.2, 0) is 17.9 Å². The molecule has 0 N–H and O–H groups in total. The molecule has 128 valence electrons. The molecule has 0 atom stereocenters. The summed E-state index contributed by atoms with van der Waals surface area (Å²) in [6.45, 7) is 6.64. The Hall–Kier alpha value is -2.21. The fourth-order valence-corrected chi connectivity index (χ4v) is 3.02. The molecule has 1 amide bonds. The molecular weight excluding hydrogens is 307 g/mol. The molecule has 0 bridgehead atoms. The van der Waals surface area contributed by atoms with E-state index >= 15 is 0 Å². The van der Waals surface area contributed by atoms with Crippen molar-refractivity contribution in [1.29, 1.82) is 0 Å². The van der Waals surface area contributed by atoms with Gasteiger partial charge in [0.25, 0.3) is 0 Å². The number of nitrogens with zero attached hydrogens (tertiary/aromatic N) is 4. The molecule has 1 aliphatic rings. The smallest absolute Gasteiger partial charge is 0.224 e. The third-order valence-corrected chi connectivity index (χ3v) is 4.53. The average Bonchev–Trinajstić information content (AvgIpc) is 3.00. The van der Waals surface area contributed by atoms with Crippen LogP contribution in [0.4, 0.5) is 4.39 Å². The van der Waals surface area contributed by atoms with E-state index in [1.54, 1.807) is 6.20 Å². The molecule has 1 saturated heterocycles. The van der Waals surface area contributed by atoms with Crippen LogP contribution in [0.15, 0.2) is 36.7 Å². The van der Waals surface area contributed by atoms with E-state index in [-0.39, 0.29) is 11.7 Å². The minimum Gasteiger partial charge on any atom is -0.340 e. The van der Waals surface area contributed by atoms with Gasteiger partial charge in [-0.25, -0.2) is 9.37 Å². The first kappa shape index (κ1) is 16.6. The summed E-state index contributed by atoms with van der Waals surface area (Å²) in [5, 5.41) is 0. The highest BCUT2D eigenvalue weighted by atomic mass is 19.1. The number of carbonyl (C=O) groups is 1. The lowest BCUT2D eigenvalue weighted by molar-refractivity contribution is -0.133. The molecule has 0 unspecified atom stereocenters. The average molecular weight is 330 g/mol. The van der Waals surface area contributed by atoms with E-state index in [2.05, 4.69) is 9.88 Å². The summed E-state index contributed by atoms with van der Waals surface area (Å²) in [7, 11) is 0. The van der Waals surface area contributed by atoms with Crippen LogP contribution in [0.1, 0.15) is 17.8 Å². The van der Waals surface area contributed by atoms with Gasteiger partial charge >= 0.3 is 0 Å². The van der Waals surface area contributed by atoms with Gasteiger partial charge in [0.1, 0.15) is 11.6 Å². The van der Waals surface area contributed by atoms with Crippen molar-refractivity contribution < 1.29 is 9.18 Å². The van der Waals surface area contributed by atoms with Crippen molar-refractivity contribution in [1.82, 2.24) is 19.4 Å². The quantitative estimate of drug-likeness (QED) is 0.843. The standard InChI is InChI=1S/C18H23FN4O/c1-15-20-7-9-22(15)8-6-18(24)23-12-10-21(11-13-23)14-16-2-4-17(19)5-3-16/h2-5,7,9H,6,8,10-14H2,1H3. The van der Waals surface area contributed by atoms with Gasteiger partial charge in [0, 0.05) is 58.1 Å². The third-order valence-electron chi connectivity index (χ3n) is 4.53. The monoisotopic (exact) mass is 330 g/mol. The fraction of sp³-hybridized carbons (Fsp3) is 0.444. The van der Waals surface area contributed by atoms with E-state index in [9.17, 15) is 9.18 Å². The third kappa shape index (κ3) is 4.20. The van der Waals surface area contributed by atoms with E-state index in [0.29, 0.717) is 13.0 Å². The summed E-state index contributed by atoms with van der Waals surface area (Å²) in [6.07, 6.45) is 4.17. The van der Waals surface area contributed by atoms with Gasteiger partial charge in [0.2, 0.25) is 5.91 Å². The van der Waals surface area contributed by atoms with Gasteiger partial charge in [-0.15, -0.1) is 0 Å². The zero-order valence-electron chi connectivity index (χ0n) is 14.0. The molecule has 1 aromatic carbocycles. The van der Waals surface area contributed by atoms with Gasteiger partial charge in [-0.05, 0) is 24.6 Å². The van der Waals surface area contributed by atoms with Crippen LogP contribution in [-0.4, -0.2) is 51.4 Å². The van der Waals surface area contributed by atoms with Crippen molar-refractivity contribution in [2.75, 3.05) is 26.2 Å². The highest BCUT2D eigenvalue weighted by Crippen LogP contribution is 2.11. The maximum atomic E-state index is 12.9. The Labute approximate surface area is 141 Å². The highest BCUT2D eigenvalue weighted by Gasteiger charge is 2.21. The Morgan fingerprint density at radius 2 is 1.88 bits per heavy atom.